The average Bonchev–Trinajstić information content (AvgIpc) is 2.55. The second-order valence-electron chi connectivity index (χ2n) is 5.45. The second-order valence-corrected chi connectivity index (χ2v) is 5.45. The average molecular weight is 328 g/mol. The molecule has 6 heteroatoms. The number of aliphatic imine (C=N–C) groups is 1. The number of hydrogen-bond acceptors (Lipinski definition) is 4. The molecular weight excluding hydrogens is 308 g/mol. The van der Waals surface area contributed by atoms with Crippen molar-refractivity contribution in [1.82, 2.24) is 5.32 Å². The minimum absolute atomic E-state index is 0.158. The van der Waals surface area contributed by atoms with Crippen LogP contribution in [0.25, 0.3) is 0 Å². The van der Waals surface area contributed by atoms with Crippen LogP contribution < -0.4 is 5.32 Å². The predicted octanol–water partition coefficient (Wildman–Crippen LogP) is 1.97. The molecule has 1 aromatic carbocycles. The number of amides is 2. The van der Waals surface area contributed by atoms with Gasteiger partial charge in [0.25, 0.3) is 11.8 Å². The van der Waals surface area contributed by atoms with Crippen molar-refractivity contribution in [2.45, 2.75) is 26.8 Å². The molecule has 2 rings (SSSR count). The second kappa shape index (κ2) is 7.68. The van der Waals surface area contributed by atoms with Gasteiger partial charge in [-0.2, -0.15) is 0 Å². The molecule has 2 atom stereocenters. The van der Waals surface area contributed by atoms with E-state index in [2.05, 4.69) is 10.3 Å². The SMILES string of the molecule is CCOC(=O)C1C=C(C(=O)NC(C)c2ccccc2)C(C)=NC1=O. The van der Waals surface area contributed by atoms with E-state index in [-0.39, 0.29) is 24.1 Å². The lowest BCUT2D eigenvalue weighted by Gasteiger charge is -2.19. The topological polar surface area (TPSA) is 84.8 Å². The van der Waals surface area contributed by atoms with Crippen molar-refractivity contribution < 1.29 is 19.1 Å². The fraction of sp³-hybridized carbons (Fsp3) is 0.333. The predicted molar refractivity (Wildman–Crippen MR) is 89.3 cm³/mol. The summed E-state index contributed by atoms with van der Waals surface area (Å²) in [6.45, 7) is 5.24. The number of dihydropyridines is 1. The van der Waals surface area contributed by atoms with Crippen molar-refractivity contribution in [3.05, 3.63) is 47.5 Å². The number of carbonyl (C=O) groups excluding carboxylic acids is 3. The van der Waals surface area contributed by atoms with Crippen molar-refractivity contribution >= 4 is 23.5 Å². The highest BCUT2D eigenvalue weighted by atomic mass is 16.5. The molecule has 1 aliphatic rings. The summed E-state index contributed by atoms with van der Waals surface area (Å²) < 4.78 is 4.86. The van der Waals surface area contributed by atoms with Gasteiger partial charge in [0.1, 0.15) is 0 Å². The van der Waals surface area contributed by atoms with Crippen LogP contribution in [0.3, 0.4) is 0 Å². The first-order valence-corrected chi connectivity index (χ1v) is 7.77. The largest absolute Gasteiger partial charge is 0.465 e. The highest BCUT2D eigenvalue weighted by molar-refractivity contribution is 6.26. The van der Waals surface area contributed by atoms with Gasteiger partial charge >= 0.3 is 5.97 Å². The van der Waals surface area contributed by atoms with Gasteiger partial charge in [-0.05, 0) is 32.4 Å². The molecule has 0 spiro atoms. The number of carbonyl (C=O) groups is 3. The summed E-state index contributed by atoms with van der Waals surface area (Å²) in [5, 5.41) is 2.85. The smallest absolute Gasteiger partial charge is 0.322 e. The summed E-state index contributed by atoms with van der Waals surface area (Å²) in [5.41, 5.74) is 1.46. The van der Waals surface area contributed by atoms with Crippen LogP contribution in [0.4, 0.5) is 0 Å². The number of ether oxygens (including phenoxy) is 1. The van der Waals surface area contributed by atoms with Crippen molar-refractivity contribution in [3.8, 4) is 0 Å². The maximum absolute atomic E-state index is 12.5. The van der Waals surface area contributed by atoms with Crippen LogP contribution in [0.15, 0.2) is 47.0 Å². The Morgan fingerprint density at radius 3 is 2.58 bits per heavy atom. The molecule has 0 saturated carbocycles. The summed E-state index contributed by atoms with van der Waals surface area (Å²) in [7, 11) is 0. The quantitative estimate of drug-likeness (QED) is 0.661. The zero-order valence-electron chi connectivity index (χ0n) is 13.9. The van der Waals surface area contributed by atoms with Crippen molar-refractivity contribution in [2.75, 3.05) is 6.61 Å². The Labute approximate surface area is 140 Å². The molecule has 1 aliphatic heterocycles. The number of nitrogens with one attached hydrogen (secondary N) is 1. The van der Waals surface area contributed by atoms with E-state index < -0.39 is 17.8 Å². The van der Waals surface area contributed by atoms with Crippen LogP contribution in [-0.4, -0.2) is 30.1 Å². The lowest BCUT2D eigenvalue weighted by atomic mass is 9.97. The van der Waals surface area contributed by atoms with Crippen LogP contribution in [0.2, 0.25) is 0 Å². The van der Waals surface area contributed by atoms with E-state index in [1.165, 1.54) is 6.08 Å². The molecule has 126 valence electrons. The molecule has 1 N–H and O–H groups in total. The van der Waals surface area contributed by atoms with E-state index in [1.54, 1.807) is 13.8 Å². The molecule has 2 amide bonds. The van der Waals surface area contributed by atoms with E-state index in [4.69, 9.17) is 4.74 Å². The van der Waals surface area contributed by atoms with Gasteiger partial charge in [-0.25, -0.2) is 4.99 Å². The summed E-state index contributed by atoms with van der Waals surface area (Å²) in [4.78, 5) is 40.0. The summed E-state index contributed by atoms with van der Waals surface area (Å²) in [6.07, 6.45) is 1.33. The number of esters is 1. The minimum atomic E-state index is -1.17. The lowest BCUT2D eigenvalue weighted by Crippen LogP contribution is -2.35. The zero-order valence-corrected chi connectivity index (χ0v) is 13.9. The van der Waals surface area contributed by atoms with Gasteiger partial charge in [-0.1, -0.05) is 30.3 Å². The van der Waals surface area contributed by atoms with Gasteiger partial charge in [0.15, 0.2) is 5.92 Å². The summed E-state index contributed by atoms with van der Waals surface area (Å²) in [5.74, 6) is -2.85. The van der Waals surface area contributed by atoms with Crippen LogP contribution in [0.1, 0.15) is 32.4 Å². The number of rotatable bonds is 5. The fourth-order valence-corrected chi connectivity index (χ4v) is 2.39. The Balaban J connectivity index is 2.17. The van der Waals surface area contributed by atoms with Crippen LogP contribution in [0, 0.1) is 5.92 Å². The Morgan fingerprint density at radius 2 is 1.96 bits per heavy atom. The third-order valence-corrected chi connectivity index (χ3v) is 3.70. The molecule has 6 nitrogen and oxygen atoms in total. The number of nitrogens with zero attached hydrogens (tertiary/aromatic N) is 1. The van der Waals surface area contributed by atoms with E-state index in [0.717, 1.165) is 5.56 Å². The highest BCUT2D eigenvalue weighted by Crippen LogP contribution is 2.18. The third kappa shape index (κ3) is 3.95. The molecule has 1 heterocycles. The molecule has 1 aromatic rings. The van der Waals surface area contributed by atoms with E-state index in [0.29, 0.717) is 5.71 Å². The lowest BCUT2D eigenvalue weighted by molar-refractivity contribution is -0.149. The molecule has 24 heavy (non-hydrogen) atoms. The Bertz CT molecular complexity index is 707. The third-order valence-electron chi connectivity index (χ3n) is 3.70. The minimum Gasteiger partial charge on any atom is -0.465 e. The zero-order chi connectivity index (χ0) is 17.7. The molecule has 0 aromatic heterocycles. The maximum atomic E-state index is 12.5. The van der Waals surface area contributed by atoms with Crippen molar-refractivity contribution in [2.24, 2.45) is 10.9 Å². The first-order chi connectivity index (χ1) is 11.4. The van der Waals surface area contributed by atoms with Crippen molar-refractivity contribution in [1.29, 1.82) is 0 Å². The number of benzene rings is 1. The molecule has 0 radical (unpaired) electrons. The standard InChI is InChI=1S/C18H20N2O4/c1-4-24-18(23)15-10-14(12(3)20-17(15)22)16(21)19-11(2)13-8-6-5-7-9-13/h5-11,15H,4H2,1-3H3,(H,19,21). The van der Waals surface area contributed by atoms with Gasteiger partial charge in [-0.15, -0.1) is 0 Å². The van der Waals surface area contributed by atoms with E-state index in [1.807, 2.05) is 37.3 Å². The molecule has 0 fully saturated rings. The molecule has 0 bridgehead atoms. The summed E-state index contributed by atoms with van der Waals surface area (Å²) >= 11 is 0. The molecule has 0 saturated heterocycles. The van der Waals surface area contributed by atoms with Crippen molar-refractivity contribution in [3.63, 3.8) is 0 Å². The normalized spacial score (nSPS) is 18.3. The van der Waals surface area contributed by atoms with Gasteiger partial charge in [0, 0.05) is 0 Å². The van der Waals surface area contributed by atoms with Crippen LogP contribution >= 0.6 is 0 Å². The summed E-state index contributed by atoms with van der Waals surface area (Å²) in [6, 6.07) is 9.28. The Hall–Kier alpha value is -2.76. The van der Waals surface area contributed by atoms with E-state index in [9.17, 15) is 14.4 Å². The first-order valence-electron chi connectivity index (χ1n) is 7.77. The van der Waals surface area contributed by atoms with Gasteiger partial charge < -0.3 is 10.1 Å². The van der Waals surface area contributed by atoms with Gasteiger partial charge in [-0.3, -0.25) is 14.4 Å². The monoisotopic (exact) mass is 328 g/mol. The Morgan fingerprint density at radius 1 is 1.29 bits per heavy atom. The van der Waals surface area contributed by atoms with E-state index >= 15 is 0 Å². The molecule has 0 aliphatic carbocycles. The highest BCUT2D eigenvalue weighted by Gasteiger charge is 2.32. The van der Waals surface area contributed by atoms with Gasteiger partial charge in [0.2, 0.25) is 0 Å². The number of hydrogen-bond donors (Lipinski definition) is 1. The maximum Gasteiger partial charge on any atom is 0.322 e. The fourth-order valence-electron chi connectivity index (χ4n) is 2.39. The van der Waals surface area contributed by atoms with Crippen LogP contribution in [0.5, 0.6) is 0 Å². The molecular formula is C18H20N2O4. The first kappa shape index (κ1) is 17.6. The van der Waals surface area contributed by atoms with Gasteiger partial charge in [0.05, 0.1) is 23.9 Å². The molecule has 2 unspecified atom stereocenters. The van der Waals surface area contributed by atoms with Crippen LogP contribution in [-0.2, 0) is 19.1 Å². The Kier molecular flexibility index (Phi) is 5.63.